The van der Waals surface area contributed by atoms with E-state index in [1.807, 2.05) is 19.9 Å². The van der Waals surface area contributed by atoms with Crippen molar-refractivity contribution >= 4 is 23.6 Å². The van der Waals surface area contributed by atoms with E-state index in [0.29, 0.717) is 30.2 Å². The molecule has 1 aromatic rings. The van der Waals surface area contributed by atoms with Crippen molar-refractivity contribution in [1.82, 2.24) is 5.32 Å². The van der Waals surface area contributed by atoms with Crippen molar-refractivity contribution in [3.63, 3.8) is 0 Å². The van der Waals surface area contributed by atoms with Gasteiger partial charge in [-0.05, 0) is 114 Å². The molecule has 2 N–H and O–H groups in total. The van der Waals surface area contributed by atoms with Gasteiger partial charge in [0.25, 0.3) is 0 Å². The van der Waals surface area contributed by atoms with Gasteiger partial charge in [-0.15, -0.1) is 0 Å². The third-order valence-electron chi connectivity index (χ3n) is 17.2. The molecule has 0 aromatic heterocycles. The smallest absolute Gasteiger partial charge is 0.309 e. The Morgan fingerprint density at radius 1 is 0.868 bits per heavy atom. The van der Waals surface area contributed by atoms with E-state index in [9.17, 15) is 24.3 Å². The lowest BCUT2D eigenvalue weighted by atomic mass is 9.33. The Morgan fingerprint density at radius 3 is 2.21 bits per heavy atom. The number of ketones is 1. The SMILES string of the molecule is [2H]C([2H])(NC(=O)C[C@@]12CC[C@]3(C)[C@H](CC[C@@H]4[C@@]5(C)CC[C@H](OC(=O)[C@H]6C[C@@H](C(=O)O)C6(C)C)C(C)(C)[C@@H]5CC[C@]43C)C1=C(C(C)C)C(=O)C2)c1ccccc1. The van der Waals surface area contributed by atoms with Crippen LogP contribution in [-0.4, -0.2) is 34.8 Å². The topological polar surface area (TPSA) is 110 Å². The summed E-state index contributed by atoms with van der Waals surface area (Å²) in [5.74, 6) is -1.16. The molecule has 6 aliphatic carbocycles. The average molecular weight is 730 g/mol. The summed E-state index contributed by atoms with van der Waals surface area (Å²) in [6, 6.07) is 8.75. The maximum absolute atomic E-state index is 14.1. The van der Waals surface area contributed by atoms with Gasteiger partial charge in [0.15, 0.2) is 5.78 Å². The molecule has 7 nitrogen and oxygen atoms in total. The van der Waals surface area contributed by atoms with Crippen molar-refractivity contribution < 1.29 is 31.8 Å². The summed E-state index contributed by atoms with van der Waals surface area (Å²) in [6.07, 6.45) is 8.07. The molecule has 1 amide bonds. The van der Waals surface area contributed by atoms with Crippen LogP contribution in [0.15, 0.2) is 41.5 Å². The van der Waals surface area contributed by atoms with E-state index in [-0.39, 0.29) is 63.7 Å². The number of carboxylic acids is 1. The zero-order chi connectivity index (χ0) is 40.3. The highest BCUT2D eigenvalue weighted by atomic mass is 16.5. The number of amides is 1. The van der Waals surface area contributed by atoms with Crippen molar-refractivity contribution in [3.8, 4) is 0 Å². The number of ether oxygens (including phenoxy) is 1. The van der Waals surface area contributed by atoms with E-state index in [1.165, 1.54) is 5.57 Å². The molecule has 7 rings (SSSR count). The maximum Gasteiger partial charge on any atom is 0.309 e. The number of hydrogen-bond acceptors (Lipinski definition) is 5. The normalized spacial score (nSPS) is 41.8. The third-order valence-corrected chi connectivity index (χ3v) is 17.2. The molecule has 10 atom stereocenters. The number of benzene rings is 1. The molecular weight excluding hydrogens is 663 g/mol. The highest BCUT2D eigenvalue weighted by Crippen LogP contribution is 2.77. The van der Waals surface area contributed by atoms with Gasteiger partial charge < -0.3 is 15.2 Å². The molecule has 0 bridgehead atoms. The van der Waals surface area contributed by atoms with E-state index in [1.54, 1.807) is 24.3 Å². The van der Waals surface area contributed by atoms with E-state index in [0.717, 1.165) is 56.9 Å². The first-order valence-electron chi connectivity index (χ1n) is 21.5. The standard InChI is InChI=1S/C46H65NO6/c1-27(2)37-32(48)24-46(25-36(49)47-26-28-13-11-10-12-14-28)22-21-44(8)29(38(37)46)15-16-34-43(7)19-18-35(42(5,6)33(43)17-20-45(34,44)9)53-40(52)31-23-30(39(50)51)41(31,3)4/h10-14,27,29-31,33-35H,15-26H2,1-9H3,(H,47,49)(H,50,51)/t29-,30+,31-,33+,34-,35+,43+,44-,45-,46+/m1/s1/i26D2. The second-order valence-electron chi connectivity index (χ2n) is 20.5. The highest BCUT2D eigenvalue weighted by Gasteiger charge is 2.70. The molecule has 5 saturated carbocycles. The van der Waals surface area contributed by atoms with Crippen LogP contribution in [0.2, 0.25) is 0 Å². The minimum atomic E-state index is -2.02. The van der Waals surface area contributed by atoms with Crippen LogP contribution in [-0.2, 0) is 30.4 Å². The molecule has 6 aliphatic rings. The first kappa shape index (κ1) is 35.7. The molecule has 5 fully saturated rings. The lowest BCUT2D eigenvalue weighted by Crippen LogP contribution is -2.66. The molecule has 7 heteroatoms. The lowest BCUT2D eigenvalue weighted by Gasteiger charge is -2.72. The number of carboxylic acid groups (broad SMARTS) is 1. The Kier molecular flexibility index (Phi) is 8.63. The number of nitrogens with one attached hydrogen (secondary N) is 1. The second-order valence-corrected chi connectivity index (χ2v) is 20.5. The summed E-state index contributed by atoms with van der Waals surface area (Å²) in [4.78, 5) is 53.3. The average Bonchev–Trinajstić information content (AvgIpc) is 3.37. The highest BCUT2D eigenvalue weighted by molar-refractivity contribution is 6.01. The Balaban J connectivity index is 1.14. The van der Waals surface area contributed by atoms with Crippen LogP contribution < -0.4 is 5.32 Å². The second kappa shape index (κ2) is 12.8. The number of carbonyl (C=O) groups excluding carboxylic acids is 3. The van der Waals surface area contributed by atoms with Gasteiger partial charge in [-0.2, -0.15) is 0 Å². The van der Waals surface area contributed by atoms with Crippen LogP contribution in [0.4, 0.5) is 0 Å². The van der Waals surface area contributed by atoms with Gasteiger partial charge in [0.1, 0.15) is 6.10 Å². The molecule has 0 radical (unpaired) electrons. The number of rotatable bonds is 8. The van der Waals surface area contributed by atoms with E-state index >= 15 is 0 Å². The molecular formula is C46H65NO6. The Morgan fingerprint density at radius 2 is 1.57 bits per heavy atom. The van der Waals surface area contributed by atoms with Gasteiger partial charge >= 0.3 is 11.9 Å². The van der Waals surface area contributed by atoms with E-state index < -0.39 is 35.1 Å². The van der Waals surface area contributed by atoms with Crippen molar-refractivity contribution in [3.05, 3.63) is 47.0 Å². The summed E-state index contributed by atoms with van der Waals surface area (Å²) in [7, 11) is 0. The van der Waals surface area contributed by atoms with Crippen LogP contribution in [0, 0.1) is 68.0 Å². The van der Waals surface area contributed by atoms with Crippen LogP contribution in [0.1, 0.15) is 141 Å². The number of Topliss-reactive ketones (excluding diaryl/α,β-unsaturated/α-hetero) is 1. The fraction of sp³-hybridized carbons (Fsp3) is 0.739. The van der Waals surface area contributed by atoms with Gasteiger partial charge in [-0.25, -0.2) is 0 Å². The van der Waals surface area contributed by atoms with Crippen molar-refractivity contribution in [2.75, 3.05) is 0 Å². The number of hydrogen-bond donors (Lipinski definition) is 2. The predicted octanol–water partition coefficient (Wildman–Crippen LogP) is 9.33. The number of allylic oxidation sites excluding steroid dienone is 2. The monoisotopic (exact) mass is 729 g/mol. The molecule has 1 aromatic carbocycles. The van der Waals surface area contributed by atoms with Crippen LogP contribution in [0.3, 0.4) is 0 Å². The van der Waals surface area contributed by atoms with Crippen LogP contribution in [0.5, 0.6) is 0 Å². The number of carbonyl (C=O) groups is 4. The van der Waals surface area contributed by atoms with Gasteiger partial charge in [0, 0.05) is 30.2 Å². The molecule has 0 saturated heterocycles. The molecule has 0 aliphatic heterocycles. The Hall–Kier alpha value is -2.96. The Labute approximate surface area is 320 Å². The first-order chi connectivity index (χ1) is 25.5. The van der Waals surface area contributed by atoms with Crippen molar-refractivity contribution in [1.29, 1.82) is 0 Å². The summed E-state index contributed by atoms with van der Waals surface area (Å²) in [5, 5.41) is 12.4. The fourth-order valence-electron chi connectivity index (χ4n) is 14.1. The summed E-state index contributed by atoms with van der Waals surface area (Å²) in [5.41, 5.74) is 1.04. The fourth-order valence-corrected chi connectivity index (χ4v) is 14.1. The molecule has 0 spiro atoms. The van der Waals surface area contributed by atoms with Gasteiger partial charge in [0.2, 0.25) is 5.91 Å². The van der Waals surface area contributed by atoms with Gasteiger partial charge in [-0.1, -0.05) is 98.2 Å². The van der Waals surface area contributed by atoms with Crippen molar-refractivity contribution in [2.24, 2.45) is 68.0 Å². The largest absolute Gasteiger partial charge is 0.481 e. The third kappa shape index (κ3) is 5.61. The van der Waals surface area contributed by atoms with Crippen LogP contribution >= 0.6 is 0 Å². The predicted molar refractivity (Wildman–Crippen MR) is 205 cm³/mol. The summed E-state index contributed by atoms with van der Waals surface area (Å²) in [6.45, 7) is 18.1. The maximum atomic E-state index is 14.1. The molecule has 0 heterocycles. The van der Waals surface area contributed by atoms with Gasteiger partial charge in [0.05, 0.1) is 14.6 Å². The number of aliphatic carboxylic acids is 1. The summed E-state index contributed by atoms with van der Waals surface area (Å²) >= 11 is 0. The molecule has 290 valence electrons. The van der Waals surface area contributed by atoms with Crippen molar-refractivity contribution in [2.45, 2.75) is 146 Å². The minimum Gasteiger partial charge on any atom is -0.481 e. The Bertz CT molecular complexity index is 1800. The number of esters is 1. The van der Waals surface area contributed by atoms with E-state index in [2.05, 4.69) is 53.8 Å². The zero-order valence-electron chi connectivity index (χ0n) is 35.7. The van der Waals surface area contributed by atoms with E-state index in [4.69, 9.17) is 7.48 Å². The first-order valence-corrected chi connectivity index (χ1v) is 20.5. The zero-order valence-corrected chi connectivity index (χ0v) is 33.7. The number of fused-ring (bicyclic) bond motifs is 7. The quantitative estimate of drug-likeness (QED) is 0.258. The molecule has 53 heavy (non-hydrogen) atoms. The lowest BCUT2D eigenvalue weighted by molar-refractivity contribution is -0.236. The molecule has 0 unspecified atom stereocenters. The van der Waals surface area contributed by atoms with Gasteiger partial charge in [-0.3, -0.25) is 19.2 Å². The minimum absolute atomic E-state index is 0.00250. The summed E-state index contributed by atoms with van der Waals surface area (Å²) < 4.78 is 23.8. The van der Waals surface area contributed by atoms with Crippen LogP contribution in [0.25, 0.3) is 0 Å².